The van der Waals surface area contributed by atoms with Gasteiger partial charge in [0, 0.05) is 30.9 Å². The molecule has 3 atom stereocenters. The fourth-order valence-electron chi connectivity index (χ4n) is 4.43. The average molecular weight is 388 g/mol. The molecule has 150 valence electrons. The van der Waals surface area contributed by atoms with Gasteiger partial charge in [0.25, 0.3) is 0 Å². The number of carboxylic acid groups (broad SMARTS) is 1. The molecule has 3 N–H and O–H groups in total. The number of hydrogen-bond acceptors (Lipinski definition) is 5. The molecule has 8 heteroatoms. The fraction of sp³-hybridized carbons (Fsp3) is 0.550. The molecule has 1 aliphatic heterocycles. The maximum Gasteiger partial charge on any atom is 0.341 e. The van der Waals surface area contributed by atoms with E-state index >= 15 is 0 Å². The molecule has 0 bridgehead atoms. The van der Waals surface area contributed by atoms with Crippen molar-refractivity contribution in [2.24, 2.45) is 17.6 Å². The largest absolute Gasteiger partial charge is 0.477 e. The monoisotopic (exact) mass is 388 g/mol. The smallest absolute Gasteiger partial charge is 0.341 e. The number of aromatic nitrogens is 2. The first-order valence-corrected chi connectivity index (χ1v) is 9.58. The van der Waals surface area contributed by atoms with E-state index in [9.17, 15) is 19.1 Å². The molecule has 0 radical (unpaired) electrons. The van der Waals surface area contributed by atoms with Crippen molar-refractivity contribution in [1.29, 1.82) is 0 Å². The third kappa shape index (κ3) is 2.87. The molecule has 1 saturated carbocycles. The Kier molecular flexibility index (Phi) is 4.22. The second kappa shape index (κ2) is 6.27. The molecular formula is C20H25FN4O3. The third-order valence-corrected chi connectivity index (χ3v) is 6.10. The lowest BCUT2D eigenvalue weighted by molar-refractivity contribution is 0.0694. The van der Waals surface area contributed by atoms with Gasteiger partial charge >= 0.3 is 5.97 Å². The molecule has 1 saturated heterocycles. The maximum atomic E-state index is 15.0. The topological polar surface area (TPSA) is 101 Å². The van der Waals surface area contributed by atoms with Crippen LogP contribution in [0.3, 0.4) is 0 Å². The van der Waals surface area contributed by atoms with Crippen LogP contribution in [0.4, 0.5) is 10.2 Å². The van der Waals surface area contributed by atoms with Crippen molar-refractivity contribution in [3.63, 3.8) is 0 Å². The predicted octanol–water partition coefficient (Wildman–Crippen LogP) is 2.16. The van der Waals surface area contributed by atoms with E-state index in [2.05, 4.69) is 4.98 Å². The van der Waals surface area contributed by atoms with Crippen molar-refractivity contribution < 1.29 is 14.3 Å². The molecule has 0 amide bonds. The number of rotatable bonds is 2. The zero-order valence-electron chi connectivity index (χ0n) is 16.3. The molecule has 28 heavy (non-hydrogen) atoms. The zero-order chi connectivity index (χ0) is 20.4. The summed E-state index contributed by atoms with van der Waals surface area (Å²) in [6.45, 7) is 6.98. The van der Waals surface area contributed by atoms with E-state index in [1.807, 2.05) is 25.7 Å². The average Bonchev–Trinajstić information content (AvgIpc) is 2.60. The van der Waals surface area contributed by atoms with Crippen LogP contribution >= 0.6 is 0 Å². The van der Waals surface area contributed by atoms with Crippen molar-refractivity contribution in [2.75, 3.05) is 18.0 Å². The van der Waals surface area contributed by atoms with E-state index in [0.717, 1.165) is 18.9 Å². The summed E-state index contributed by atoms with van der Waals surface area (Å²) >= 11 is 0. The van der Waals surface area contributed by atoms with Crippen molar-refractivity contribution in [2.45, 2.75) is 45.2 Å². The number of carbonyl (C=O) groups is 1. The van der Waals surface area contributed by atoms with Crippen LogP contribution in [0.2, 0.25) is 0 Å². The van der Waals surface area contributed by atoms with Gasteiger partial charge in [-0.3, -0.25) is 4.79 Å². The Bertz CT molecular complexity index is 1030. The molecule has 0 unspecified atom stereocenters. The van der Waals surface area contributed by atoms with Crippen LogP contribution in [-0.4, -0.2) is 39.8 Å². The van der Waals surface area contributed by atoms with Crippen LogP contribution in [0.1, 0.15) is 44.0 Å². The molecule has 2 aromatic heterocycles. The van der Waals surface area contributed by atoms with Gasteiger partial charge in [0.15, 0.2) is 11.6 Å². The van der Waals surface area contributed by atoms with Crippen LogP contribution in [0.15, 0.2) is 17.1 Å². The van der Waals surface area contributed by atoms with Gasteiger partial charge in [-0.1, -0.05) is 0 Å². The first kappa shape index (κ1) is 18.9. The first-order valence-electron chi connectivity index (χ1n) is 9.58. The Morgan fingerprint density at radius 3 is 2.71 bits per heavy atom. The summed E-state index contributed by atoms with van der Waals surface area (Å²) in [4.78, 5) is 30.5. The third-order valence-electron chi connectivity index (χ3n) is 6.10. The highest BCUT2D eigenvalue weighted by Gasteiger charge is 2.43. The van der Waals surface area contributed by atoms with Gasteiger partial charge in [-0.05, 0) is 51.5 Å². The molecule has 2 fully saturated rings. The minimum absolute atomic E-state index is 0.0219. The number of anilines is 1. The van der Waals surface area contributed by atoms with Crippen LogP contribution in [0.25, 0.3) is 11.0 Å². The molecule has 3 heterocycles. The van der Waals surface area contributed by atoms with Crippen molar-refractivity contribution in [1.82, 2.24) is 9.55 Å². The highest BCUT2D eigenvalue weighted by Crippen LogP contribution is 2.41. The molecule has 7 nitrogen and oxygen atoms in total. The van der Waals surface area contributed by atoms with Crippen molar-refractivity contribution in [3.05, 3.63) is 33.9 Å². The summed E-state index contributed by atoms with van der Waals surface area (Å²) in [6, 6.07) is 1.27. The van der Waals surface area contributed by atoms with E-state index in [1.54, 1.807) is 4.57 Å². The molecule has 4 rings (SSSR count). The highest BCUT2D eigenvalue weighted by atomic mass is 19.1. The Hall–Kier alpha value is -2.48. The Labute approximate surface area is 162 Å². The summed E-state index contributed by atoms with van der Waals surface area (Å²) in [5.41, 5.74) is 4.74. The summed E-state index contributed by atoms with van der Waals surface area (Å²) in [7, 11) is 0. The summed E-state index contributed by atoms with van der Waals surface area (Å²) < 4.78 is 16.6. The minimum Gasteiger partial charge on any atom is -0.477 e. The number of piperidine rings is 1. The Morgan fingerprint density at radius 2 is 2.11 bits per heavy atom. The van der Waals surface area contributed by atoms with Crippen LogP contribution in [0, 0.1) is 17.7 Å². The lowest BCUT2D eigenvalue weighted by Gasteiger charge is -2.50. The number of nitrogens with zero attached hydrogens (tertiary/aromatic N) is 3. The SMILES string of the molecule is CC(C)(C)n1cc(C(=O)O)c(=O)c2cc(F)c(N3CC[C@H]4C[C@@H](N)[C@H]4C3)nc21. The van der Waals surface area contributed by atoms with Crippen LogP contribution in [0.5, 0.6) is 0 Å². The van der Waals surface area contributed by atoms with E-state index < -0.39 is 28.3 Å². The number of carboxylic acids is 1. The normalized spacial score (nSPS) is 24.8. The van der Waals surface area contributed by atoms with Crippen LogP contribution < -0.4 is 16.1 Å². The van der Waals surface area contributed by atoms with Gasteiger partial charge in [0.2, 0.25) is 5.43 Å². The number of fused-ring (bicyclic) bond motifs is 2. The molecule has 0 spiro atoms. The van der Waals surface area contributed by atoms with Gasteiger partial charge in [-0.2, -0.15) is 0 Å². The lowest BCUT2D eigenvalue weighted by atomic mass is 9.66. The number of nitrogens with two attached hydrogens (primary N) is 1. The second-order valence-corrected chi connectivity index (χ2v) is 8.94. The predicted molar refractivity (Wildman–Crippen MR) is 104 cm³/mol. The molecular weight excluding hydrogens is 363 g/mol. The number of aromatic carboxylic acids is 1. The van der Waals surface area contributed by atoms with Crippen molar-refractivity contribution >= 4 is 22.8 Å². The minimum atomic E-state index is -1.34. The first-order chi connectivity index (χ1) is 13.1. The van der Waals surface area contributed by atoms with Crippen molar-refractivity contribution in [3.8, 4) is 0 Å². The molecule has 2 aliphatic rings. The van der Waals surface area contributed by atoms with Gasteiger partial charge < -0.3 is 20.3 Å². The molecule has 2 aromatic rings. The van der Waals surface area contributed by atoms with Crippen LogP contribution in [-0.2, 0) is 5.54 Å². The van der Waals surface area contributed by atoms with Gasteiger partial charge in [-0.15, -0.1) is 0 Å². The molecule has 0 aromatic carbocycles. The number of halogens is 1. The Morgan fingerprint density at radius 1 is 1.39 bits per heavy atom. The quantitative estimate of drug-likeness (QED) is 0.818. The summed E-state index contributed by atoms with van der Waals surface area (Å²) in [5, 5.41) is 9.36. The number of hydrogen-bond donors (Lipinski definition) is 2. The standard InChI is InChI=1S/C20H25FN4O3/c1-20(2,3)25-9-13(19(27)28)16(26)11-7-14(21)18(23-17(11)25)24-5-4-10-6-15(22)12(10)8-24/h7,9-10,12,15H,4-6,8,22H2,1-3H3,(H,27,28)/t10-,12-,15+/m0/s1. The van der Waals surface area contributed by atoms with Gasteiger partial charge in [0.1, 0.15) is 11.2 Å². The van der Waals surface area contributed by atoms with E-state index in [4.69, 9.17) is 5.73 Å². The van der Waals surface area contributed by atoms with E-state index in [-0.39, 0.29) is 17.2 Å². The number of pyridine rings is 2. The second-order valence-electron chi connectivity index (χ2n) is 8.94. The summed E-state index contributed by atoms with van der Waals surface area (Å²) in [6.07, 6.45) is 3.27. The highest BCUT2D eigenvalue weighted by molar-refractivity contribution is 5.92. The van der Waals surface area contributed by atoms with E-state index in [0.29, 0.717) is 30.6 Å². The molecule has 1 aliphatic carbocycles. The lowest BCUT2D eigenvalue weighted by Crippen LogP contribution is -2.57. The fourth-order valence-corrected chi connectivity index (χ4v) is 4.43. The zero-order valence-corrected chi connectivity index (χ0v) is 16.3. The Balaban J connectivity index is 1.89. The summed E-state index contributed by atoms with van der Waals surface area (Å²) in [5.74, 6) is -0.814. The van der Waals surface area contributed by atoms with Gasteiger partial charge in [-0.25, -0.2) is 14.2 Å². The van der Waals surface area contributed by atoms with E-state index in [1.165, 1.54) is 6.20 Å². The maximum absolute atomic E-state index is 15.0. The van der Waals surface area contributed by atoms with Gasteiger partial charge in [0.05, 0.1) is 5.39 Å².